The van der Waals surface area contributed by atoms with Crippen molar-refractivity contribution in [3.8, 4) is 0 Å². The predicted molar refractivity (Wildman–Crippen MR) is 92.6 cm³/mol. The van der Waals surface area contributed by atoms with Crippen LogP contribution in [0.4, 0.5) is 0 Å². The largest absolute Gasteiger partial charge is 0.457 e. The molecule has 7 heteroatoms. The number of ether oxygens (including phenoxy) is 1. The summed E-state index contributed by atoms with van der Waals surface area (Å²) in [5.41, 5.74) is 0. The molecule has 0 amide bonds. The Kier molecular flexibility index (Phi) is 5.43. The minimum Gasteiger partial charge on any atom is -0.457 e. The molecule has 0 radical (unpaired) electrons. The fourth-order valence-corrected chi connectivity index (χ4v) is 3.04. The summed E-state index contributed by atoms with van der Waals surface area (Å²) >= 11 is 1.46. The number of esters is 1. The van der Waals surface area contributed by atoms with Gasteiger partial charge in [0, 0.05) is 11.4 Å². The molecular weight excluding hydrogens is 324 g/mol. The molecule has 3 aromatic rings. The van der Waals surface area contributed by atoms with Gasteiger partial charge in [0.05, 0.1) is 5.75 Å². The van der Waals surface area contributed by atoms with Crippen LogP contribution in [-0.4, -0.2) is 31.9 Å². The first-order chi connectivity index (χ1) is 11.8. The summed E-state index contributed by atoms with van der Waals surface area (Å²) in [5, 5.41) is 13.7. The third-order valence-electron chi connectivity index (χ3n) is 3.48. The van der Waals surface area contributed by atoms with Crippen LogP contribution >= 0.6 is 11.8 Å². The van der Waals surface area contributed by atoms with Crippen LogP contribution in [0, 0.1) is 0 Å². The minimum absolute atomic E-state index is 0.101. The molecule has 0 aliphatic rings. The van der Waals surface area contributed by atoms with E-state index in [0.717, 1.165) is 16.7 Å². The molecule has 1 heterocycles. The van der Waals surface area contributed by atoms with Gasteiger partial charge in [0.25, 0.3) is 0 Å². The first kappa shape index (κ1) is 16.4. The van der Waals surface area contributed by atoms with Crippen molar-refractivity contribution >= 4 is 28.5 Å². The van der Waals surface area contributed by atoms with Crippen molar-refractivity contribution < 1.29 is 9.53 Å². The number of carbonyl (C=O) groups excluding carboxylic acids is 1. The van der Waals surface area contributed by atoms with Gasteiger partial charge in [0.2, 0.25) is 0 Å². The Hall–Kier alpha value is -2.41. The number of hydrogen-bond acceptors (Lipinski definition) is 6. The van der Waals surface area contributed by atoms with E-state index in [1.807, 2.05) is 25.1 Å². The first-order valence-electron chi connectivity index (χ1n) is 7.78. The fraction of sp³-hybridized carbons (Fsp3) is 0.294. The first-order valence-corrected chi connectivity index (χ1v) is 8.77. The van der Waals surface area contributed by atoms with E-state index in [1.54, 1.807) is 4.68 Å². The van der Waals surface area contributed by atoms with Crippen molar-refractivity contribution in [1.82, 2.24) is 20.2 Å². The molecule has 0 bridgehead atoms. The zero-order valence-corrected chi connectivity index (χ0v) is 14.2. The van der Waals surface area contributed by atoms with Crippen LogP contribution in [-0.2, 0) is 22.7 Å². The lowest BCUT2D eigenvalue weighted by Gasteiger charge is -2.06. The summed E-state index contributed by atoms with van der Waals surface area (Å²) in [6, 6.07) is 14.3. The van der Waals surface area contributed by atoms with Gasteiger partial charge in [-0.25, -0.2) is 4.68 Å². The number of tetrazole rings is 1. The Balaban J connectivity index is 1.52. The molecule has 0 atom stereocenters. The third-order valence-corrected chi connectivity index (χ3v) is 4.45. The zero-order valence-electron chi connectivity index (χ0n) is 13.4. The average molecular weight is 342 g/mol. The second-order valence-electron chi connectivity index (χ2n) is 5.28. The molecule has 0 saturated carbocycles. The Morgan fingerprint density at radius 3 is 2.88 bits per heavy atom. The summed E-state index contributed by atoms with van der Waals surface area (Å²) in [4.78, 5) is 13.0. The van der Waals surface area contributed by atoms with E-state index in [2.05, 4.69) is 39.8 Å². The van der Waals surface area contributed by atoms with Crippen molar-refractivity contribution in [1.29, 1.82) is 0 Å². The minimum atomic E-state index is -0.279. The van der Waals surface area contributed by atoms with Crippen LogP contribution in [0.5, 0.6) is 0 Å². The van der Waals surface area contributed by atoms with E-state index in [-0.39, 0.29) is 18.3 Å². The number of rotatable bonds is 7. The number of nitrogens with zero attached hydrogens (tertiary/aromatic N) is 4. The monoisotopic (exact) mass is 342 g/mol. The Morgan fingerprint density at radius 2 is 2.04 bits per heavy atom. The molecule has 24 heavy (non-hydrogen) atoms. The van der Waals surface area contributed by atoms with Crippen LogP contribution in [0.25, 0.3) is 10.8 Å². The average Bonchev–Trinajstić information content (AvgIpc) is 3.05. The van der Waals surface area contributed by atoms with Gasteiger partial charge in [0.1, 0.15) is 0 Å². The van der Waals surface area contributed by atoms with Gasteiger partial charge < -0.3 is 4.74 Å². The second kappa shape index (κ2) is 7.92. The van der Waals surface area contributed by atoms with Gasteiger partial charge in [-0.2, -0.15) is 0 Å². The lowest BCUT2D eigenvalue weighted by molar-refractivity contribution is -0.142. The maximum atomic E-state index is 11.9. The van der Waals surface area contributed by atoms with Crippen LogP contribution in [0.15, 0.2) is 47.4 Å². The molecule has 0 unspecified atom stereocenters. The molecular formula is C17H18N4O2S. The van der Waals surface area contributed by atoms with Crippen molar-refractivity contribution in [2.75, 3.05) is 5.75 Å². The molecule has 0 aliphatic heterocycles. The van der Waals surface area contributed by atoms with Gasteiger partial charge in [-0.15, -0.1) is 16.9 Å². The predicted octanol–water partition coefficient (Wildman–Crippen LogP) is 3.07. The Morgan fingerprint density at radius 1 is 1.21 bits per heavy atom. The number of aromatic nitrogens is 4. The lowest BCUT2D eigenvalue weighted by atomic mass is 10.1. The van der Waals surface area contributed by atoms with Crippen LogP contribution in [0.1, 0.15) is 19.2 Å². The summed E-state index contributed by atoms with van der Waals surface area (Å²) in [5.74, 6) is 0.549. The van der Waals surface area contributed by atoms with E-state index in [1.165, 1.54) is 17.1 Å². The highest BCUT2D eigenvalue weighted by molar-refractivity contribution is 8.00. The van der Waals surface area contributed by atoms with Crippen molar-refractivity contribution in [3.63, 3.8) is 0 Å². The van der Waals surface area contributed by atoms with E-state index >= 15 is 0 Å². The molecule has 0 saturated heterocycles. The molecule has 0 aliphatic carbocycles. The zero-order chi connectivity index (χ0) is 16.8. The summed E-state index contributed by atoms with van der Waals surface area (Å²) in [6.07, 6.45) is 0.920. The Labute approximate surface area is 144 Å². The Bertz CT molecular complexity index is 834. The lowest BCUT2D eigenvalue weighted by Crippen LogP contribution is -2.12. The van der Waals surface area contributed by atoms with E-state index in [0.29, 0.717) is 12.4 Å². The van der Waals surface area contributed by atoms with Crippen LogP contribution < -0.4 is 0 Å². The smallest absolute Gasteiger partial charge is 0.316 e. The fourth-order valence-electron chi connectivity index (χ4n) is 2.30. The SMILES string of the molecule is CCCn1nnnc1COC(=O)CSc1ccc2ccccc2c1. The normalized spacial score (nSPS) is 10.9. The molecule has 0 N–H and O–H groups in total. The van der Waals surface area contributed by atoms with Crippen molar-refractivity contribution in [2.45, 2.75) is 31.4 Å². The van der Waals surface area contributed by atoms with Gasteiger partial charge in [-0.3, -0.25) is 4.79 Å². The molecule has 1 aromatic heterocycles. The highest BCUT2D eigenvalue weighted by Crippen LogP contribution is 2.23. The van der Waals surface area contributed by atoms with Crippen molar-refractivity contribution in [2.24, 2.45) is 0 Å². The molecule has 0 fully saturated rings. The maximum Gasteiger partial charge on any atom is 0.316 e. The quantitative estimate of drug-likeness (QED) is 0.485. The van der Waals surface area contributed by atoms with E-state index in [9.17, 15) is 4.79 Å². The highest BCUT2D eigenvalue weighted by atomic mass is 32.2. The van der Waals surface area contributed by atoms with Crippen LogP contribution in [0.2, 0.25) is 0 Å². The molecule has 124 valence electrons. The topological polar surface area (TPSA) is 69.9 Å². The molecule has 2 aromatic carbocycles. The van der Waals surface area contributed by atoms with E-state index < -0.39 is 0 Å². The number of benzene rings is 2. The third kappa shape index (κ3) is 4.11. The van der Waals surface area contributed by atoms with Gasteiger partial charge >= 0.3 is 5.97 Å². The molecule has 6 nitrogen and oxygen atoms in total. The maximum absolute atomic E-state index is 11.9. The van der Waals surface area contributed by atoms with Gasteiger partial charge in [-0.1, -0.05) is 37.3 Å². The number of aryl methyl sites for hydroxylation is 1. The number of thioether (sulfide) groups is 1. The number of fused-ring (bicyclic) bond motifs is 1. The second-order valence-corrected chi connectivity index (χ2v) is 6.33. The summed E-state index contributed by atoms with van der Waals surface area (Å²) in [7, 11) is 0. The molecule has 0 spiro atoms. The van der Waals surface area contributed by atoms with Crippen molar-refractivity contribution in [3.05, 3.63) is 48.3 Å². The van der Waals surface area contributed by atoms with Gasteiger partial charge in [0.15, 0.2) is 12.4 Å². The summed E-state index contributed by atoms with van der Waals surface area (Å²) < 4.78 is 6.92. The van der Waals surface area contributed by atoms with Gasteiger partial charge in [-0.05, 0) is 39.8 Å². The number of carbonyl (C=O) groups is 1. The number of hydrogen-bond donors (Lipinski definition) is 0. The van der Waals surface area contributed by atoms with E-state index in [4.69, 9.17) is 4.74 Å². The highest BCUT2D eigenvalue weighted by Gasteiger charge is 2.10. The standard InChI is InChI=1S/C17H18N4O2S/c1-2-9-21-16(18-19-20-21)11-23-17(22)12-24-15-8-7-13-5-3-4-6-14(13)10-15/h3-8,10H,2,9,11-12H2,1H3. The molecule has 3 rings (SSSR count). The van der Waals surface area contributed by atoms with Crippen LogP contribution in [0.3, 0.4) is 0 Å². The summed E-state index contributed by atoms with van der Waals surface area (Å²) in [6.45, 7) is 2.85.